The smallest absolute Gasteiger partial charge is 0.182 e. The normalized spacial score (nSPS) is 25.4. The number of sulfone groups is 1. The third-order valence-corrected chi connectivity index (χ3v) is 5.60. The summed E-state index contributed by atoms with van der Waals surface area (Å²) in [6.07, 6.45) is 3.33. The highest BCUT2D eigenvalue weighted by Crippen LogP contribution is 2.38. The predicted octanol–water partition coefficient (Wildman–Crippen LogP) is 1.75. The van der Waals surface area contributed by atoms with Gasteiger partial charge in [-0.15, -0.1) is 0 Å². The number of nitrogens with two attached hydrogens (primary N) is 1. The van der Waals surface area contributed by atoms with Crippen LogP contribution in [-0.4, -0.2) is 31.6 Å². The van der Waals surface area contributed by atoms with E-state index in [1.807, 2.05) is 0 Å². The van der Waals surface area contributed by atoms with Crippen molar-refractivity contribution >= 4 is 32.2 Å². The Morgan fingerprint density at radius 2 is 2.11 bits per heavy atom. The molecule has 0 bridgehead atoms. The van der Waals surface area contributed by atoms with Crippen molar-refractivity contribution < 1.29 is 8.42 Å². The first-order valence-corrected chi connectivity index (χ1v) is 8.69. The van der Waals surface area contributed by atoms with Crippen LogP contribution >= 0.6 is 11.5 Å². The molecule has 0 aromatic carbocycles. The van der Waals surface area contributed by atoms with Crippen LogP contribution in [0.25, 0.3) is 0 Å². The summed E-state index contributed by atoms with van der Waals surface area (Å²) in [7, 11) is -3.33. The minimum Gasteiger partial charge on any atom is -0.382 e. The van der Waals surface area contributed by atoms with Gasteiger partial charge in [0.05, 0.1) is 0 Å². The van der Waals surface area contributed by atoms with E-state index in [0.717, 1.165) is 19.4 Å². The van der Waals surface area contributed by atoms with Crippen molar-refractivity contribution in [2.75, 3.05) is 23.4 Å². The molecule has 1 saturated heterocycles. The van der Waals surface area contributed by atoms with Crippen LogP contribution in [0.3, 0.4) is 0 Å². The largest absolute Gasteiger partial charge is 0.382 e. The molecule has 2 unspecified atom stereocenters. The molecule has 1 aromatic rings. The molecular formula is C11H19N3O2S2. The number of piperidine rings is 1. The summed E-state index contributed by atoms with van der Waals surface area (Å²) < 4.78 is 27.6. The second-order valence-electron chi connectivity index (χ2n) is 5.15. The molecule has 2 rings (SSSR count). The summed E-state index contributed by atoms with van der Waals surface area (Å²) in [4.78, 5) is 2.33. The number of hydrogen-bond donors (Lipinski definition) is 1. The van der Waals surface area contributed by atoms with Gasteiger partial charge in [0.2, 0.25) is 0 Å². The molecule has 0 aliphatic carbocycles. The first-order chi connectivity index (χ1) is 8.30. The van der Waals surface area contributed by atoms with Gasteiger partial charge in [-0.05, 0) is 37.2 Å². The Balaban J connectivity index is 2.41. The quantitative estimate of drug-likeness (QED) is 0.897. The average Bonchev–Trinajstić information content (AvgIpc) is 2.59. The van der Waals surface area contributed by atoms with Gasteiger partial charge in [0.25, 0.3) is 0 Å². The lowest BCUT2D eigenvalue weighted by Gasteiger charge is -2.37. The minimum atomic E-state index is -3.33. The van der Waals surface area contributed by atoms with Crippen molar-refractivity contribution in [3.8, 4) is 0 Å². The first-order valence-electron chi connectivity index (χ1n) is 6.02. The topological polar surface area (TPSA) is 76.3 Å². The Bertz CT molecular complexity index is 538. The molecule has 18 heavy (non-hydrogen) atoms. The standard InChI is InChI=1S/C11H19N3O2S2/c1-7-4-5-14(8(2)6-7)11-9(18(3,15)16)10(12)13-17-11/h7-8H,4-6H2,1-3H3,(H2,12,13). The SMILES string of the molecule is CC1CCN(c2snc(N)c2S(C)(=O)=O)C(C)C1. The zero-order chi connectivity index (χ0) is 13.5. The van der Waals surface area contributed by atoms with Gasteiger partial charge >= 0.3 is 0 Å². The van der Waals surface area contributed by atoms with E-state index in [4.69, 9.17) is 5.73 Å². The number of rotatable bonds is 2. The van der Waals surface area contributed by atoms with Crippen molar-refractivity contribution in [3.63, 3.8) is 0 Å². The third-order valence-electron chi connectivity index (χ3n) is 3.43. The average molecular weight is 289 g/mol. The molecule has 2 N–H and O–H groups in total. The highest BCUT2D eigenvalue weighted by Gasteiger charge is 2.30. The monoisotopic (exact) mass is 289 g/mol. The third kappa shape index (κ3) is 2.47. The summed E-state index contributed by atoms with van der Waals surface area (Å²) in [5.74, 6) is 0.812. The fourth-order valence-electron chi connectivity index (χ4n) is 2.53. The molecule has 1 aromatic heterocycles. The van der Waals surface area contributed by atoms with Crippen LogP contribution in [0.1, 0.15) is 26.7 Å². The molecule has 0 amide bonds. The van der Waals surface area contributed by atoms with Crippen LogP contribution < -0.4 is 10.6 Å². The van der Waals surface area contributed by atoms with Crippen molar-refractivity contribution in [2.24, 2.45) is 5.92 Å². The second-order valence-corrected chi connectivity index (χ2v) is 7.85. The maximum absolute atomic E-state index is 11.8. The first kappa shape index (κ1) is 13.6. The summed E-state index contributed by atoms with van der Waals surface area (Å²) in [6, 6.07) is 0.328. The summed E-state index contributed by atoms with van der Waals surface area (Å²) in [5.41, 5.74) is 5.70. The van der Waals surface area contributed by atoms with Crippen LogP contribution in [0.5, 0.6) is 0 Å². The van der Waals surface area contributed by atoms with E-state index in [0.29, 0.717) is 17.0 Å². The highest BCUT2D eigenvalue weighted by molar-refractivity contribution is 7.91. The second kappa shape index (κ2) is 4.70. The Morgan fingerprint density at radius 3 is 2.67 bits per heavy atom. The number of aromatic nitrogens is 1. The predicted molar refractivity (Wildman–Crippen MR) is 74.8 cm³/mol. The maximum Gasteiger partial charge on any atom is 0.182 e. The van der Waals surface area contributed by atoms with Gasteiger partial charge in [0.1, 0.15) is 9.90 Å². The Labute approximate surface area is 112 Å². The molecule has 1 aliphatic heterocycles. The van der Waals surface area contributed by atoms with Crippen LogP contribution in [0.4, 0.5) is 10.8 Å². The molecule has 1 aliphatic rings. The number of anilines is 2. The van der Waals surface area contributed by atoms with Crippen molar-refractivity contribution in [2.45, 2.75) is 37.6 Å². The van der Waals surface area contributed by atoms with E-state index in [1.165, 1.54) is 17.8 Å². The van der Waals surface area contributed by atoms with Gasteiger partial charge in [-0.1, -0.05) is 6.92 Å². The van der Waals surface area contributed by atoms with Gasteiger partial charge in [-0.2, -0.15) is 4.37 Å². The van der Waals surface area contributed by atoms with E-state index >= 15 is 0 Å². The van der Waals surface area contributed by atoms with Crippen LogP contribution in [0.2, 0.25) is 0 Å². The fourth-order valence-corrected chi connectivity index (χ4v) is 4.85. The van der Waals surface area contributed by atoms with Crippen LogP contribution in [-0.2, 0) is 9.84 Å². The zero-order valence-electron chi connectivity index (χ0n) is 10.9. The lowest BCUT2D eigenvalue weighted by molar-refractivity contribution is 0.378. The maximum atomic E-state index is 11.8. The molecular weight excluding hydrogens is 270 g/mol. The van der Waals surface area contributed by atoms with Crippen molar-refractivity contribution in [3.05, 3.63) is 0 Å². The van der Waals surface area contributed by atoms with E-state index in [-0.39, 0.29) is 10.7 Å². The lowest BCUT2D eigenvalue weighted by atomic mass is 9.94. The van der Waals surface area contributed by atoms with Gasteiger partial charge in [-0.25, -0.2) is 8.42 Å². The minimum absolute atomic E-state index is 0.128. The van der Waals surface area contributed by atoms with Crippen molar-refractivity contribution in [1.82, 2.24) is 4.37 Å². The fraction of sp³-hybridized carbons (Fsp3) is 0.727. The molecule has 0 saturated carbocycles. The lowest BCUT2D eigenvalue weighted by Crippen LogP contribution is -2.40. The van der Waals surface area contributed by atoms with Gasteiger partial charge in [0.15, 0.2) is 15.7 Å². The van der Waals surface area contributed by atoms with E-state index in [2.05, 4.69) is 23.1 Å². The van der Waals surface area contributed by atoms with Crippen LogP contribution in [0, 0.1) is 5.92 Å². The van der Waals surface area contributed by atoms with Gasteiger partial charge in [0, 0.05) is 18.8 Å². The van der Waals surface area contributed by atoms with Crippen LogP contribution in [0.15, 0.2) is 4.90 Å². The molecule has 7 heteroatoms. The number of hydrogen-bond acceptors (Lipinski definition) is 6. The highest BCUT2D eigenvalue weighted by atomic mass is 32.2. The Morgan fingerprint density at radius 1 is 1.44 bits per heavy atom. The molecule has 1 fully saturated rings. The van der Waals surface area contributed by atoms with Gasteiger partial charge in [-0.3, -0.25) is 0 Å². The molecule has 0 spiro atoms. The van der Waals surface area contributed by atoms with E-state index in [1.54, 1.807) is 0 Å². The number of nitrogens with zero attached hydrogens (tertiary/aromatic N) is 2. The molecule has 2 atom stereocenters. The summed E-state index contributed by atoms with van der Waals surface area (Å²) in [5, 5.41) is 0.703. The molecule has 102 valence electrons. The van der Waals surface area contributed by atoms with E-state index in [9.17, 15) is 8.42 Å². The molecule has 2 heterocycles. The summed E-state index contributed by atoms with van der Waals surface area (Å²) in [6.45, 7) is 5.22. The van der Waals surface area contributed by atoms with Crippen molar-refractivity contribution in [1.29, 1.82) is 0 Å². The van der Waals surface area contributed by atoms with E-state index < -0.39 is 9.84 Å². The number of nitrogen functional groups attached to an aromatic ring is 1. The summed E-state index contributed by atoms with van der Waals surface area (Å²) >= 11 is 1.19. The Kier molecular flexibility index (Phi) is 3.55. The molecule has 5 nitrogen and oxygen atoms in total. The van der Waals surface area contributed by atoms with Gasteiger partial charge < -0.3 is 10.6 Å². The zero-order valence-corrected chi connectivity index (χ0v) is 12.5. The Hall–Kier alpha value is -0.820. The molecule has 0 radical (unpaired) electrons.